The summed E-state index contributed by atoms with van der Waals surface area (Å²) in [6.07, 6.45) is 6.75. The third-order valence-electron chi connectivity index (χ3n) is 7.22. The molecule has 1 spiro atoms. The van der Waals surface area contributed by atoms with Crippen molar-refractivity contribution in [1.29, 1.82) is 0 Å². The Labute approximate surface area is 198 Å². The van der Waals surface area contributed by atoms with E-state index >= 15 is 0 Å². The Morgan fingerprint density at radius 1 is 1.21 bits per heavy atom. The quantitative estimate of drug-likeness (QED) is 0.639. The van der Waals surface area contributed by atoms with Crippen molar-refractivity contribution >= 4 is 11.8 Å². The zero-order valence-electron chi connectivity index (χ0n) is 19.3. The summed E-state index contributed by atoms with van der Waals surface area (Å²) >= 11 is 0. The summed E-state index contributed by atoms with van der Waals surface area (Å²) in [6.45, 7) is 3.53. The van der Waals surface area contributed by atoms with E-state index < -0.39 is 5.54 Å². The summed E-state index contributed by atoms with van der Waals surface area (Å²) in [5.74, 6) is 0.516. The maximum Gasteiger partial charge on any atom is 0.253 e. The first-order valence-corrected chi connectivity index (χ1v) is 11.9. The number of likely N-dealkylation sites (tertiary alicyclic amines) is 1. The molecule has 0 aliphatic carbocycles. The van der Waals surface area contributed by atoms with Crippen LogP contribution >= 0.6 is 0 Å². The smallest absolute Gasteiger partial charge is 0.253 e. The van der Waals surface area contributed by atoms with Crippen LogP contribution in [0.25, 0.3) is 0 Å². The Balaban J connectivity index is 1.43. The lowest BCUT2D eigenvalue weighted by Gasteiger charge is -2.34. The molecule has 3 heterocycles. The highest BCUT2D eigenvalue weighted by molar-refractivity contribution is 5.95. The lowest BCUT2D eigenvalue weighted by Crippen LogP contribution is -2.52. The van der Waals surface area contributed by atoms with Crippen molar-refractivity contribution in [2.75, 3.05) is 13.1 Å². The molecular formula is C27H29FN4O2. The lowest BCUT2D eigenvalue weighted by atomic mass is 9.79. The molecule has 176 valence electrons. The number of aryl methyl sites for hydroxylation is 1. The highest BCUT2D eigenvalue weighted by Gasteiger charge is 2.49. The van der Waals surface area contributed by atoms with Gasteiger partial charge >= 0.3 is 0 Å². The fraction of sp³-hybridized carbons (Fsp3) is 0.370. The first-order valence-electron chi connectivity index (χ1n) is 11.9. The highest BCUT2D eigenvalue weighted by Crippen LogP contribution is 2.41. The van der Waals surface area contributed by atoms with E-state index in [4.69, 9.17) is 0 Å². The standard InChI is InChI=1S/C27H29FN4O2/c1-19-29-13-14-31(19)16-20-5-4-6-22(15-20)26(34)32-17-24(21-8-10-23(28)11-9-21)27(18-32)12-3-2-7-25(33)30-27/h4-6,8-11,13-15,24H,2-3,7,12,16-18H2,1H3,(H,30,33)/t24-,27+/m0/s1. The van der Waals surface area contributed by atoms with Crippen LogP contribution in [-0.2, 0) is 11.3 Å². The predicted molar refractivity (Wildman–Crippen MR) is 127 cm³/mol. The minimum Gasteiger partial charge on any atom is -0.348 e. The number of aromatic nitrogens is 2. The van der Waals surface area contributed by atoms with E-state index in [1.165, 1.54) is 12.1 Å². The second-order valence-corrected chi connectivity index (χ2v) is 9.50. The van der Waals surface area contributed by atoms with Crippen LogP contribution in [0.15, 0.2) is 60.9 Å². The van der Waals surface area contributed by atoms with Gasteiger partial charge in [0, 0.05) is 49.9 Å². The van der Waals surface area contributed by atoms with Crippen LogP contribution in [-0.4, -0.2) is 44.9 Å². The Morgan fingerprint density at radius 2 is 2.03 bits per heavy atom. The van der Waals surface area contributed by atoms with Gasteiger partial charge in [0.05, 0.1) is 5.54 Å². The Kier molecular flexibility index (Phi) is 5.94. The van der Waals surface area contributed by atoms with E-state index in [1.54, 1.807) is 18.3 Å². The molecule has 2 aliphatic rings. The van der Waals surface area contributed by atoms with Crippen molar-refractivity contribution in [2.24, 2.45) is 0 Å². The van der Waals surface area contributed by atoms with Gasteiger partial charge in [-0.25, -0.2) is 9.37 Å². The fourth-order valence-corrected chi connectivity index (χ4v) is 5.45. The van der Waals surface area contributed by atoms with Crippen LogP contribution in [0.3, 0.4) is 0 Å². The van der Waals surface area contributed by atoms with Gasteiger partial charge in [0.25, 0.3) is 5.91 Å². The molecule has 2 amide bonds. The normalized spacial score (nSPS) is 22.6. The predicted octanol–water partition coefficient (Wildman–Crippen LogP) is 4.05. The van der Waals surface area contributed by atoms with Crippen molar-refractivity contribution in [3.8, 4) is 0 Å². The van der Waals surface area contributed by atoms with Gasteiger partial charge in [0.1, 0.15) is 11.6 Å². The van der Waals surface area contributed by atoms with Gasteiger partial charge in [0.15, 0.2) is 0 Å². The molecule has 2 atom stereocenters. The molecular weight excluding hydrogens is 431 g/mol. The van der Waals surface area contributed by atoms with Gasteiger partial charge in [0.2, 0.25) is 5.91 Å². The number of amides is 2. The van der Waals surface area contributed by atoms with Crippen LogP contribution in [0.1, 0.15) is 58.9 Å². The molecule has 2 aromatic carbocycles. The number of nitrogens with one attached hydrogen (secondary N) is 1. The largest absolute Gasteiger partial charge is 0.348 e. The van der Waals surface area contributed by atoms with Crippen molar-refractivity contribution in [2.45, 2.75) is 50.6 Å². The minimum atomic E-state index is -0.535. The monoisotopic (exact) mass is 460 g/mol. The Morgan fingerprint density at radius 3 is 2.79 bits per heavy atom. The number of carbonyl (C=O) groups is 2. The Hall–Kier alpha value is -3.48. The van der Waals surface area contributed by atoms with Gasteiger partial charge < -0.3 is 14.8 Å². The lowest BCUT2D eigenvalue weighted by molar-refractivity contribution is -0.122. The molecule has 1 aromatic heterocycles. The topological polar surface area (TPSA) is 67.2 Å². The molecule has 3 aromatic rings. The molecule has 0 bridgehead atoms. The van der Waals surface area contributed by atoms with Crippen molar-refractivity contribution in [3.63, 3.8) is 0 Å². The third-order valence-corrected chi connectivity index (χ3v) is 7.22. The molecule has 6 nitrogen and oxygen atoms in total. The molecule has 2 fully saturated rings. The molecule has 2 aliphatic heterocycles. The third kappa shape index (κ3) is 4.34. The molecule has 0 saturated carbocycles. The molecule has 2 saturated heterocycles. The average Bonchev–Trinajstić information content (AvgIpc) is 3.34. The van der Waals surface area contributed by atoms with E-state index in [9.17, 15) is 14.0 Å². The summed E-state index contributed by atoms with van der Waals surface area (Å²) in [6, 6.07) is 14.2. The number of nitrogens with zero attached hydrogens (tertiary/aromatic N) is 3. The van der Waals surface area contributed by atoms with Gasteiger partial charge in [-0.05, 0) is 55.2 Å². The number of hydrogen-bond donors (Lipinski definition) is 1. The van der Waals surface area contributed by atoms with Crippen molar-refractivity contribution < 1.29 is 14.0 Å². The summed E-state index contributed by atoms with van der Waals surface area (Å²) in [4.78, 5) is 32.3. The van der Waals surface area contributed by atoms with Crippen molar-refractivity contribution in [3.05, 3.63) is 89.3 Å². The molecule has 1 N–H and O–H groups in total. The van der Waals surface area contributed by atoms with Crippen LogP contribution in [0.5, 0.6) is 0 Å². The van der Waals surface area contributed by atoms with E-state index in [-0.39, 0.29) is 23.5 Å². The van der Waals surface area contributed by atoms with Crippen LogP contribution in [0, 0.1) is 12.7 Å². The first kappa shape index (κ1) is 22.3. The minimum absolute atomic E-state index is 0.0246. The van der Waals surface area contributed by atoms with E-state index in [2.05, 4.69) is 10.3 Å². The number of halogens is 1. The maximum absolute atomic E-state index is 13.6. The van der Waals surface area contributed by atoms with Gasteiger partial charge in [-0.2, -0.15) is 0 Å². The average molecular weight is 461 g/mol. The molecule has 34 heavy (non-hydrogen) atoms. The van der Waals surface area contributed by atoms with E-state index in [1.807, 2.05) is 46.9 Å². The van der Waals surface area contributed by atoms with Crippen LogP contribution in [0.2, 0.25) is 0 Å². The second kappa shape index (κ2) is 9.05. The molecule has 7 heteroatoms. The zero-order chi connectivity index (χ0) is 23.7. The second-order valence-electron chi connectivity index (χ2n) is 9.50. The van der Waals surface area contributed by atoms with E-state index in [0.29, 0.717) is 31.6 Å². The number of rotatable bonds is 4. The Bertz CT molecular complexity index is 1210. The van der Waals surface area contributed by atoms with Crippen LogP contribution < -0.4 is 5.32 Å². The maximum atomic E-state index is 13.6. The number of carbonyl (C=O) groups excluding carboxylic acids is 2. The first-order chi connectivity index (χ1) is 16.4. The summed E-state index contributed by atoms with van der Waals surface area (Å²) in [5, 5.41) is 3.26. The number of benzene rings is 2. The number of hydrogen-bond acceptors (Lipinski definition) is 3. The molecule has 5 rings (SSSR count). The van der Waals surface area contributed by atoms with Crippen LogP contribution in [0.4, 0.5) is 4.39 Å². The summed E-state index contributed by atoms with van der Waals surface area (Å²) in [5.41, 5.74) is 2.07. The number of imidazole rings is 1. The van der Waals surface area contributed by atoms with Gasteiger partial charge in [-0.3, -0.25) is 9.59 Å². The van der Waals surface area contributed by atoms with Crippen molar-refractivity contribution in [1.82, 2.24) is 19.8 Å². The fourth-order valence-electron chi connectivity index (χ4n) is 5.45. The zero-order valence-corrected chi connectivity index (χ0v) is 19.3. The highest BCUT2D eigenvalue weighted by atomic mass is 19.1. The van der Waals surface area contributed by atoms with E-state index in [0.717, 1.165) is 36.2 Å². The summed E-state index contributed by atoms with van der Waals surface area (Å²) < 4.78 is 15.7. The molecule has 0 unspecified atom stereocenters. The molecule has 0 radical (unpaired) electrons. The summed E-state index contributed by atoms with van der Waals surface area (Å²) in [7, 11) is 0. The SMILES string of the molecule is Cc1nccn1Cc1cccc(C(=O)N2C[C@@H](c3ccc(F)cc3)[C@@]3(CCCCC(=O)N3)C2)c1. The van der Waals surface area contributed by atoms with Gasteiger partial charge in [-0.1, -0.05) is 30.7 Å². The van der Waals surface area contributed by atoms with Gasteiger partial charge in [-0.15, -0.1) is 0 Å².